The van der Waals surface area contributed by atoms with Gasteiger partial charge in [0.2, 0.25) is 0 Å². The minimum atomic E-state index is -0.609. The minimum Gasteiger partial charge on any atom is -0.460 e. The van der Waals surface area contributed by atoms with Crippen molar-refractivity contribution in [2.24, 2.45) is 0 Å². The zero-order valence-electron chi connectivity index (χ0n) is 8.67. The lowest BCUT2D eigenvalue weighted by Crippen LogP contribution is -2.05. The molecular formula is C10H14O6. The van der Waals surface area contributed by atoms with Crippen molar-refractivity contribution in [3.63, 3.8) is 0 Å². The summed E-state index contributed by atoms with van der Waals surface area (Å²) in [6, 6.07) is 0. The number of esters is 2. The fourth-order valence-corrected chi connectivity index (χ4v) is 0.657. The van der Waals surface area contributed by atoms with E-state index in [0.717, 1.165) is 12.2 Å². The third-order valence-corrected chi connectivity index (χ3v) is 1.25. The van der Waals surface area contributed by atoms with Crippen LogP contribution in [0.2, 0.25) is 0 Å². The number of aliphatic hydroxyl groups is 2. The lowest BCUT2D eigenvalue weighted by Gasteiger charge is -1.96. The van der Waals surface area contributed by atoms with Crippen molar-refractivity contribution in [1.29, 1.82) is 0 Å². The SMILES string of the molecule is O=C(C=CC=CC(=O)OCCO)OCCO. The highest BCUT2D eigenvalue weighted by atomic mass is 16.5. The predicted octanol–water partition coefficient (Wildman–Crippen LogP) is -0.830. The van der Waals surface area contributed by atoms with E-state index in [1.54, 1.807) is 0 Å². The lowest BCUT2D eigenvalue weighted by atomic mass is 10.4. The molecular weight excluding hydrogens is 216 g/mol. The molecule has 0 amide bonds. The highest BCUT2D eigenvalue weighted by Gasteiger charge is 1.95. The molecule has 0 heterocycles. The van der Waals surface area contributed by atoms with Crippen molar-refractivity contribution in [3.8, 4) is 0 Å². The van der Waals surface area contributed by atoms with E-state index in [2.05, 4.69) is 9.47 Å². The van der Waals surface area contributed by atoms with Gasteiger partial charge in [-0.05, 0) is 0 Å². The second kappa shape index (κ2) is 9.88. The van der Waals surface area contributed by atoms with Gasteiger partial charge < -0.3 is 19.7 Å². The van der Waals surface area contributed by atoms with E-state index in [-0.39, 0.29) is 26.4 Å². The third kappa shape index (κ3) is 8.92. The lowest BCUT2D eigenvalue weighted by molar-refractivity contribution is -0.139. The van der Waals surface area contributed by atoms with Gasteiger partial charge in [0.25, 0.3) is 0 Å². The van der Waals surface area contributed by atoms with Gasteiger partial charge in [-0.2, -0.15) is 0 Å². The van der Waals surface area contributed by atoms with Crippen molar-refractivity contribution < 1.29 is 29.3 Å². The van der Waals surface area contributed by atoms with Crippen LogP contribution < -0.4 is 0 Å². The van der Waals surface area contributed by atoms with E-state index in [9.17, 15) is 9.59 Å². The Bertz CT molecular complexity index is 240. The van der Waals surface area contributed by atoms with Gasteiger partial charge in [0.1, 0.15) is 13.2 Å². The molecule has 0 spiro atoms. The third-order valence-electron chi connectivity index (χ3n) is 1.25. The number of allylic oxidation sites excluding steroid dienone is 2. The van der Waals surface area contributed by atoms with Crippen LogP contribution in [-0.4, -0.2) is 48.6 Å². The first kappa shape index (κ1) is 14.3. The first-order valence-electron chi connectivity index (χ1n) is 4.60. The number of ether oxygens (including phenoxy) is 2. The van der Waals surface area contributed by atoms with Crippen molar-refractivity contribution >= 4 is 11.9 Å². The molecule has 0 aliphatic rings. The molecule has 0 atom stereocenters. The summed E-state index contributed by atoms with van der Waals surface area (Å²) in [5.41, 5.74) is 0. The fourth-order valence-electron chi connectivity index (χ4n) is 0.657. The van der Waals surface area contributed by atoms with Crippen LogP contribution in [0.1, 0.15) is 0 Å². The molecule has 0 radical (unpaired) electrons. The molecule has 2 N–H and O–H groups in total. The summed E-state index contributed by atoms with van der Waals surface area (Å²) < 4.78 is 9.01. The molecule has 0 bridgehead atoms. The Morgan fingerprint density at radius 2 is 1.25 bits per heavy atom. The second-order valence-electron chi connectivity index (χ2n) is 2.50. The number of carbonyl (C=O) groups is 2. The molecule has 0 saturated heterocycles. The van der Waals surface area contributed by atoms with E-state index < -0.39 is 11.9 Å². The summed E-state index contributed by atoms with van der Waals surface area (Å²) in [5.74, 6) is -1.22. The fraction of sp³-hybridized carbons (Fsp3) is 0.400. The van der Waals surface area contributed by atoms with E-state index >= 15 is 0 Å². The second-order valence-corrected chi connectivity index (χ2v) is 2.50. The Balaban J connectivity index is 3.76. The van der Waals surface area contributed by atoms with E-state index in [0.29, 0.717) is 0 Å². The van der Waals surface area contributed by atoms with Gasteiger partial charge in [0, 0.05) is 12.2 Å². The highest BCUT2D eigenvalue weighted by Crippen LogP contribution is 1.85. The standard InChI is InChI=1S/C10H14O6/c11-5-7-15-9(13)3-1-2-4-10(14)16-8-6-12/h1-4,11-12H,5-8H2. The highest BCUT2D eigenvalue weighted by molar-refractivity contribution is 5.84. The Morgan fingerprint density at radius 1 is 0.875 bits per heavy atom. The van der Waals surface area contributed by atoms with Crippen LogP contribution in [0.3, 0.4) is 0 Å². The number of rotatable bonds is 7. The van der Waals surface area contributed by atoms with Gasteiger partial charge >= 0.3 is 11.9 Å². The van der Waals surface area contributed by atoms with E-state index in [1.165, 1.54) is 12.2 Å². The Labute approximate surface area is 92.8 Å². The van der Waals surface area contributed by atoms with Gasteiger partial charge in [-0.3, -0.25) is 0 Å². The largest absolute Gasteiger partial charge is 0.460 e. The zero-order valence-corrected chi connectivity index (χ0v) is 8.67. The first-order chi connectivity index (χ1) is 7.70. The van der Waals surface area contributed by atoms with Gasteiger partial charge in [-0.25, -0.2) is 9.59 Å². The van der Waals surface area contributed by atoms with Gasteiger partial charge in [0.05, 0.1) is 13.2 Å². The number of aliphatic hydroxyl groups excluding tert-OH is 2. The summed E-state index contributed by atoms with van der Waals surface area (Å²) in [6.45, 7) is -0.595. The van der Waals surface area contributed by atoms with Crippen molar-refractivity contribution in [2.75, 3.05) is 26.4 Å². The summed E-state index contributed by atoms with van der Waals surface area (Å²) in [7, 11) is 0. The normalized spacial score (nSPS) is 10.9. The molecule has 0 aromatic heterocycles. The zero-order chi connectivity index (χ0) is 12.2. The van der Waals surface area contributed by atoms with Crippen LogP contribution in [-0.2, 0) is 19.1 Å². The van der Waals surface area contributed by atoms with Crippen molar-refractivity contribution in [2.45, 2.75) is 0 Å². The molecule has 0 saturated carbocycles. The van der Waals surface area contributed by atoms with Crippen LogP contribution in [0, 0.1) is 0 Å². The van der Waals surface area contributed by atoms with Crippen LogP contribution in [0.15, 0.2) is 24.3 Å². The molecule has 6 nitrogen and oxygen atoms in total. The molecule has 0 aliphatic carbocycles. The van der Waals surface area contributed by atoms with Crippen LogP contribution in [0.5, 0.6) is 0 Å². The molecule has 0 unspecified atom stereocenters. The van der Waals surface area contributed by atoms with Crippen molar-refractivity contribution in [3.05, 3.63) is 24.3 Å². The maximum absolute atomic E-state index is 10.8. The van der Waals surface area contributed by atoms with Gasteiger partial charge in [-0.1, -0.05) is 12.2 Å². The quantitative estimate of drug-likeness (QED) is 0.337. The number of hydrogen-bond acceptors (Lipinski definition) is 6. The maximum Gasteiger partial charge on any atom is 0.330 e. The summed E-state index contributed by atoms with van der Waals surface area (Å²) in [5, 5.41) is 16.7. The average molecular weight is 230 g/mol. The van der Waals surface area contributed by atoms with Crippen molar-refractivity contribution in [1.82, 2.24) is 0 Å². The monoisotopic (exact) mass is 230 g/mol. The number of hydrogen-bond donors (Lipinski definition) is 2. The topological polar surface area (TPSA) is 93.1 Å². The molecule has 0 rings (SSSR count). The maximum atomic E-state index is 10.8. The molecule has 0 aromatic carbocycles. The Kier molecular flexibility index (Phi) is 8.85. The minimum absolute atomic E-state index is 0.0641. The van der Waals surface area contributed by atoms with Crippen LogP contribution >= 0.6 is 0 Å². The Morgan fingerprint density at radius 3 is 1.56 bits per heavy atom. The first-order valence-corrected chi connectivity index (χ1v) is 4.60. The summed E-state index contributed by atoms with van der Waals surface area (Å²) in [6.07, 6.45) is 4.82. The molecule has 0 fully saturated rings. The molecule has 90 valence electrons. The molecule has 6 heteroatoms. The smallest absolute Gasteiger partial charge is 0.330 e. The number of carbonyl (C=O) groups excluding carboxylic acids is 2. The summed E-state index contributed by atoms with van der Waals surface area (Å²) >= 11 is 0. The van der Waals surface area contributed by atoms with Gasteiger partial charge in [-0.15, -0.1) is 0 Å². The molecule has 0 aliphatic heterocycles. The predicted molar refractivity (Wildman–Crippen MR) is 54.4 cm³/mol. The van der Waals surface area contributed by atoms with Gasteiger partial charge in [0.15, 0.2) is 0 Å². The van der Waals surface area contributed by atoms with E-state index in [1.807, 2.05) is 0 Å². The molecule has 0 aromatic rings. The summed E-state index contributed by atoms with van der Waals surface area (Å²) in [4.78, 5) is 21.6. The molecule has 16 heavy (non-hydrogen) atoms. The average Bonchev–Trinajstić information content (AvgIpc) is 2.29. The van der Waals surface area contributed by atoms with Crippen LogP contribution in [0.4, 0.5) is 0 Å². The Hall–Kier alpha value is -1.66. The van der Waals surface area contributed by atoms with E-state index in [4.69, 9.17) is 10.2 Å². The van der Waals surface area contributed by atoms with Crippen LogP contribution in [0.25, 0.3) is 0 Å².